The SMILES string of the molecule is COc1cc([C@H]2CC[C@@H](OCCCN3C(=O)c4ccccc4C3=O)O2)cc(OC)c1OC. The maximum absolute atomic E-state index is 12.4. The average Bonchev–Trinajstić information content (AvgIpc) is 3.39. The first kappa shape index (κ1) is 22.1. The van der Waals surface area contributed by atoms with Crippen molar-refractivity contribution in [1.82, 2.24) is 4.90 Å². The van der Waals surface area contributed by atoms with E-state index in [4.69, 9.17) is 23.7 Å². The van der Waals surface area contributed by atoms with Crippen LogP contribution in [0.4, 0.5) is 0 Å². The zero-order valence-electron chi connectivity index (χ0n) is 18.5. The van der Waals surface area contributed by atoms with Crippen molar-refractivity contribution in [2.24, 2.45) is 0 Å². The largest absolute Gasteiger partial charge is 0.493 e. The van der Waals surface area contributed by atoms with Gasteiger partial charge in [0.05, 0.1) is 45.2 Å². The lowest BCUT2D eigenvalue weighted by atomic mass is 10.1. The minimum Gasteiger partial charge on any atom is -0.493 e. The van der Waals surface area contributed by atoms with Crippen molar-refractivity contribution < 1.29 is 33.3 Å². The normalized spacial score (nSPS) is 19.9. The number of carbonyl (C=O) groups is 2. The Labute approximate surface area is 187 Å². The predicted molar refractivity (Wildman–Crippen MR) is 115 cm³/mol. The average molecular weight is 441 g/mol. The standard InChI is InChI=1S/C24H27NO7/c1-28-19-13-15(14-20(29-2)22(19)30-3)18-9-10-21(32-18)31-12-6-11-25-23(26)16-7-4-5-8-17(16)24(25)27/h4-5,7-8,13-14,18,21H,6,9-12H2,1-3H3/t18-,21+/m1/s1. The summed E-state index contributed by atoms with van der Waals surface area (Å²) in [7, 11) is 4.73. The molecule has 0 aliphatic carbocycles. The van der Waals surface area contributed by atoms with Crippen molar-refractivity contribution in [2.45, 2.75) is 31.7 Å². The molecule has 170 valence electrons. The van der Waals surface area contributed by atoms with Crippen LogP contribution >= 0.6 is 0 Å². The smallest absolute Gasteiger partial charge is 0.261 e. The van der Waals surface area contributed by atoms with Gasteiger partial charge in [0.1, 0.15) is 0 Å². The third-order valence-electron chi connectivity index (χ3n) is 5.75. The van der Waals surface area contributed by atoms with E-state index in [0.29, 0.717) is 47.9 Å². The number of nitrogens with zero attached hydrogens (tertiary/aromatic N) is 1. The summed E-state index contributed by atoms with van der Waals surface area (Å²) < 4.78 is 28.1. The lowest BCUT2D eigenvalue weighted by molar-refractivity contribution is -0.135. The number of imide groups is 1. The Kier molecular flexibility index (Phi) is 6.62. The molecule has 0 N–H and O–H groups in total. The molecule has 2 aliphatic heterocycles. The first-order valence-corrected chi connectivity index (χ1v) is 10.6. The third kappa shape index (κ3) is 4.16. The maximum atomic E-state index is 12.4. The molecule has 2 atom stereocenters. The van der Waals surface area contributed by atoms with Crippen LogP contribution in [-0.4, -0.2) is 57.5 Å². The second kappa shape index (κ2) is 9.58. The first-order chi connectivity index (χ1) is 15.6. The number of methoxy groups -OCH3 is 3. The topological polar surface area (TPSA) is 83.5 Å². The highest BCUT2D eigenvalue weighted by Gasteiger charge is 2.35. The zero-order chi connectivity index (χ0) is 22.7. The number of rotatable bonds is 9. The molecular weight excluding hydrogens is 414 g/mol. The van der Waals surface area contributed by atoms with Crippen LogP contribution in [0, 0.1) is 0 Å². The highest BCUT2D eigenvalue weighted by Crippen LogP contribution is 2.43. The van der Waals surface area contributed by atoms with Crippen LogP contribution in [0.2, 0.25) is 0 Å². The van der Waals surface area contributed by atoms with Crippen molar-refractivity contribution in [3.63, 3.8) is 0 Å². The van der Waals surface area contributed by atoms with E-state index in [-0.39, 0.29) is 24.2 Å². The quantitative estimate of drug-likeness (QED) is 0.434. The van der Waals surface area contributed by atoms with E-state index in [1.165, 1.54) is 4.90 Å². The molecule has 2 amide bonds. The fourth-order valence-corrected chi connectivity index (χ4v) is 4.14. The highest BCUT2D eigenvalue weighted by molar-refractivity contribution is 6.21. The summed E-state index contributed by atoms with van der Waals surface area (Å²) >= 11 is 0. The molecule has 8 heteroatoms. The summed E-state index contributed by atoms with van der Waals surface area (Å²) in [5.74, 6) is 1.21. The number of benzene rings is 2. The Bertz CT molecular complexity index is 946. The Morgan fingerprint density at radius 2 is 1.56 bits per heavy atom. The summed E-state index contributed by atoms with van der Waals surface area (Å²) in [6.07, 6.45) is 1.59. The van der Waals surface area contributed by atoms with Gasteiger partial charge in [-0.3, -0.25) is 14.5 Å². The summed E-state index contributed by atoms with van der Waals surface area (Å²) in [6, 6.07) is 10.7. The molecule has 0 spiro atoms. The van der Waals surface area contributed by atoms with Crippen LogP contribution in [-0.2, 0) is 9.47 Å². The number of carbonyl (C=O) groups excluding carboxylic acids is 2. The van der Waals surface area contributed by atoms with Crippen molar-refractivity contribution >= 4 is 11.8 Å². The molecule has 4 rings (SSSR count). The summed E-state index contributed by atoms with van der Waals surface area (Å²) in [6.45, 7) is 0.704. The fraction of sp³-hybridized carbons (Fsp3) is 0.417. The van der Waals surface area contributed by atoms with E-state index < -0.39 is 0 Å². The van der Waals surface area contributed by atoms with Crippen molar-refractivity contribution in [1.29, 1.82) is 0 Å². The number of ether oxygens (including phenoxy) is 5. The van der Waals surface area contributed by atoms with Gasteiger partial charge in [-0.1, -0.05) is 12.1 Å². The Balaban J connectivity index is 1.29. The van der Waals surface area contributed by atoms with Gasteiger partial charge < -0.3 is 23.7 Å². The van der Waals surface area contributed by atoms with Gasteiger partial charge in [0.15, 0.2) is 17.8 Å². The van der Waals surface area contributed by atoms with E-state index in [1.54, 1.807) is 45.6 Å². The van der Waals surface area contributed by atoms with Crippen molar-refractivity contribution in [2.75, 3.05) is 34.5 Å². The summed E-state index contributed by atoms with van der Waals surface area (Å²) in [4.78, 5) is 26.1. The van der Waals surface area contributed by atoms with Gasteiger partial charge in [0.25, 0.3) is 11.8 Å². The number of fused-ring (bicyclic) bond motifs is 1. The summed E-state index contributed by atoms with van der Waals surface area (Å²) in [5.41, 5.74) is 1.85. The van der Waals surface area contributed by atoms with Crippen LogP contribution in [0.1, 0.15) is 51.6 Å². The van der Waals surface area contributed by atoms with Crippen LogP contribution in [0.15, 0.2) is 36.4 Å². The van der Waals surface area contributed by atoms with Crippen molar-refractivity contribution in [3.8, 4) is 17.2 Å². The molecule has 0 saturated carbocycles. The molecule has 0 bridgehead atoms. The molecule has 2 aliphatic rings. The van der Waals surface area contributed by atoms with Crippen LogP contribution < -0.4 is 14.2 Å². The van der Waals surface area contributed by atoms with Gasteiger partial charge >= 0.3 is 0 Å². The minimum absolute atomic E-state index is 0.148. The van der Waals surface area contributed by atoms with Gasteiger partial charge in [0.2, 0.25) is 5.75 Å². The molecule has 0 radical (unpaired) electrons. The Hall–Kier alpha value is -3.10. The van der Waals surface area contributed by atoms with E-state index >= 15 is 0 Å². The van der Waals surface area contributed by atoms with Crippen LogP contribution in [0.25, 0.3) is 0 Å². The Morgan fingerprint density at radius 1 is 0.938 bits per heavy atom. The lowest BCUT2D eigenvalue weighted by Crippen LogP contribution is -2.31. The Morgan fingerprint density at radius 3 is 2.12 bits per heavy atom. The highest BCUT2D eigenvalue weighted by atomic mass is 16.7. The molecule has 0 unspecified atom stereocenters. The number of hydrogen-bond donors (Lipinski definition) is 0. The molecule has 0 aromatic heterocycles. The van der Waals surface area contributed by atoms with Crippen LogP contribution in [0.3, 0.4) is 0 Å². The molecule has 2 heterocycles. The van der Waals surface area contributed by atoms with Gasteiger partial charge in [-0.25, -0.2) is 0 Å². The second-order valence-electron chi connectivity index (χ2n) is 7.62. The molecule has 2 aromatic rings. The second-order valence-corrected chi connectivity index (χ2v) is 7.62. The maximum Gasteiger partial charge on any atom is 0.261 e. The molecule has 2 aromatic carbocycles. The van der Waals surface area contributed by atoms with E-state index in [2.05, 4.69) is 0 Å². The van der Waals surface area contributed by atoms with E-state index in [9.17, 15) is 9.59 Å². The van der Waals surface area contributed by atoms with E-state index in [1.807, 2.05) is 12.1 Å². The zero-order valence-corrected chi connectivity index (χ0v) is 18.5. The van der Waals surface area contributed by atoms with Gasteiger partial charge in [0, 0.05) is 13.0 Å². The number of hydrogen-bond acceptors (Lipinski definition) is 7. The minimum atomic E-state index is -0.346. The van der Waals surface area contributed by atoms with Gasteiger partial charge in [-0.2, -0.15) is 0 Å². The fourth-order valence-electron chi connectivity index (χ4n) is 4.14. The van der Waals surface area contributed by atoms with Gasteiger partial charge in [-0.15, -0.1) is 0 Å². The van der Waals surface area contributed by atoms with Crippen molar-refractivity contribution in [3.05, 3.63) is 53.1 Å². The van der Waals surface area contributed by atoms with Gasteiger partial charge in [-0.05, 0) is 42.7 Å². The molecule has 1 fully saturated rings. The molecule has 32 heavy (non-hydrogen) atoms. The third-order valence-corrected chi connectivity index (χ3v) is 5.75. The summed E-state index contributed by atoms with van der Waals surface area (Å²) in [5, 5.41) is 0. The molecular formula is C24H27NO7. The van der Waals surface area contributed by atoms with E-state index in [0.717, 1.165) is 18.4 Å². The van der Waals surface area contributed by atoms with Crippen LogP contribution in [0.5, 0.6) is 17.2 Å². The monoisotopic (exact) mass is 441 g/mol. The first-order valence-electron chi connectivity index (χ1n) is 10.6. The molecule has 8 nitrogen and oxygen atoms in total. The lowest BCUT2D eigenvalue weighted by Gasteiger charge is -2.19. The molecule has 1 saturated heterocycles. The predicted octanol–water partition coefficient (Wildman–Crippen LogP) is 3.59. The number of amides is 2.